The Morgan fingerprint density at radius 2 is 1.68 bits per heavy atom. The number of pyridine rings is 1. The second-order valence-electron chi connectivity index (χ2n) is 8.55. The van der Waals surface area contributed by atoms with Gasteiger partial charge in [0.2, 0.25) is 0 Å². The molecule has 2 N–H and O–H groups in total. The van der Waals surface area contributed by atoms with Crippen LogP contribution in [0.2, 0.25) is 0 Å². The highest BCUT2D eigenvalue weighted by Crippen LogP contribution is 2.40. The van der Waals surface area contributed by atoms with E-state index in [1.807, 2.05) is 0 Å². The van der Waals surface area contributed by atoms with Crippen molar-refractivity contribution in [2.75, 3.05) is 12.0 Å². The molecule has 11 heteroatoms. The van der Waals surface area contributed by atoms with Crippen LogP contribution in [0.3, 0.4) is 0 Å². The Morgan fingerprint density at radius 1 is 1.09 bits per heavy atom. The van der Waals surface area contributed by atoms with Gasteiger partial charge in [-0.15, -0.1) is 16.4 Å². The number of halogens is 1. The van der Waals surface area contributed by atoms with E-state index in [0.717, 1.165) is 12.8 Å². The molecule has 5 nitrogen and oxygen atoms in total. The van der Waals surface area contributed by atoms with Crippen LogP contribution in [0.1, 0.15) is 47.4 Å². The Bertz CT molecular complexity index is 1360. The molecule has 160 valence electrons. The fraction of sp³-hybridized carbons (Fsp3) is 0.304. The lowest BCUT2D eigenvalue weighted by molar-refractivity contribution is 0.0932. The molecule has 1 fully saturated rings. The number of hydrogen-bond acceptors (Lipinski definition) is 3. The summed E-state index contributed by atoms with van der Waals surface area (Å²) < 4.78 is 15.9. The predicted molar refractivity (Wildman–Crippen MR) is 139 cm³/mol. The Labute approximate surface area is 204 Å². The van der Waals surface area contributed by atoms with Gasteiger partial charge in [0.05, 0.1) is 22.7 Å². The van der Waals surface area contributed by atoms with Crippen molar-refractivity contribution >= 4 is 83.2 Å². The zero-order chi connectivity index (χ0) is 24.9. The van der Waals surface area contributed by atoms with Crippen LogP contribution in [-0.4, -0.2) is 56.4 Å². The first-order valence-corrected chi connectivity index (χ1v) is 11.0. The minimum absolute atomic E-state index is 0.0546. The van der Waals surface area contributed by atoms with Crippen LogP contribution < -0.4 is 43.6 Å². The van der Waals surface area contributed by atoms with Crippen molar-refractivity contribution < 1.29 is 9.18 Å². The van der Waals surface area contributed by atoms with Crippen LogP contribution >= 0.6 is 0 Å². The van der Waals surface area contributed by atoms with Gasteiger partial charge in [-0.1, -0.05) is 23.1 Å². The number of fused-ring (bicyclic) bond motifs is 1. The van der Waals surface area contributed by atoms with Crippen molar-refractivity contribution in [2.45, 2.75) is 32.7 Å². The molecule has 0 bridgehead atoms. The van der Waals surface area contributed by atoms with E-state index in [1.165, 1.54) is 16.8 Å². The van der Waals surface area contributed by atoms with E-state index in [-0.39, 0.29) is 49.6 Å². The second-order valence-corrected chi connectivity index (χ2v) is 8.55. The summed E-state index contributed by atoms with van der Waals surface area (Å²) in [6.45, 7) is 3.81. The molecule has 2 aromatic carbocycles. The Balaban J connectivity index is 1.88. The first kappa shape index (κ1) is 24.3. The lowest BCUT2D eigenvalue weighted by Crippen LogP contribution is -2.58. The van der Waals surface area contributed by atoms with E-state index in [9.17, 15) is 14.0 Å². The number of hydrogen-bond donors (Lipinski definition) is 2. The fourth-order valence-corrected chi connectivity index (χ4v) is 4.43. The molecule has 1 atom stereocenters. The predicted octanol–water partition coefficient (Wildman–Crippen LogP) is -2.14. The second kappa shape index (κ2) is 9.08. The number of carbonyl (C=O) groups is 1. The third-order valence-electron chi connectivity index (χ3n) is 6.37. The summed E-state index contributed by atoms with van der Waals surface area (Å²) in [6.07, 6.45) is 1.67. The van der Waals surface area contributed by atoms with Crippen LogP contribution in [-0.2, 0) is 0 Å². The van der Waals surface area contributed by atoms with E-state index in [4.69, 9.17) is 39.2 Å². The third-order valence-corrected chi connectivity index (χ3v) is 6.37. The van der Waals surface area contributed by atoms with Gasteiger partial charge in [0.25, 0.3) is 11.5 Å². The summed E-state index contributed by atoms with van der Waals surface area (Å²) in [6, 6.07) is 3.60. The maximum absolute atomic E-state index is 14.7. The Kier molecular flexibility index (Phi) is 6.49. The SMILES string of the molecule is [B]c1c([B])c([B])c([C@@H](NC(=O)c2c(C)n(NCC)c(=O)c3c(F)cccc23)C2CC2)c([B])c1[B]. The standard InChI is InChI=1S/C23H19B5FN3O2/c1-3-30-32-9(2)13(11-5-4-6-12(29)14(11)23(32)34)22(33)31-21(10-7-8-10)15-16(24)18(26)20(28)19(27)17(15)25/h4-6,10,21,30H,3,7-8H2,1-2H3,(H,31,33)/t21-/m0/s1. The van der Waals surface area contributed by atoms with Crippen molar-refractivity contribution in [2.24, 2.45) is 5.92 Å². The number of benzene rings is 2. The monoisotopic (exact) mass is 443 g/mol. The topological polar surface area (TPSA) is 63.1 Å². The van der Waals surface area contributed by atoms with Gasteiger partial charge >= 0.3 is 0 Å². The highest BCUT2D eigenvalue weighted by Gasteiger charge is 2.36. The average molecular weight is 442 g/mol. The van der Waals surface area contributed by atoms with Gasteiger partial charge in [0.15, 0.2) is 0 Å². The molecule has 0 unspecified atom stereocenters. The first-order valence-electron chi connectivity index (χ1n) is 11.0. The molecule has 0 spiro atoms. The van der Waals surface area contributed by atoms with Gasteiger partial charge in [-0.3, -0.25) is 9.59 Å². The number of carbonyl (C=O) groups excluding carboxylic acids is 1. The van der Waals surface area contributed by atoms with Crippen molar-refractivity contribution in [1.82, 2.24) is 9.99 Å². The summed E-state index contributed by atoms with van der Waals surface area (Å²) in [5.74, 6) is -1.17. The number of amides is 1. The minimum Gasteiger partial charge on any atom is -0.345 e. The third kappa shape index (κ3) is 3.89. The summed E-state index contributed by atoms with van der Waals surface area (Å²) in [5, 5.41) is 3.02. The summed E-state index contributed by atoms with van der Waals surface area (Å²) in [7, 11) is 30.5. The zero-order valence-corrected chi connectivity index (χ0v) is 19.0. The van der Waals surface area contributed by atoms with Crippen molar-refractivity contribution in [1.29, 1.82) is 0 Å². The highest BCUT2D eigenvalue weighted by atomic mass is 19.1. The van der Waals surface area contributed by atoms with Gasteiger partial charge in [-0.2, -0.15) is 0 Å². The smallest absolute Gasteiger partial charge is 0.279 e. The van der Waals surface area contributed by atoms with Crippen LogP contribution in [0.4, 0.5) is 4.39 Å². The fourth-order valence-electron chi connectivity index (χ4n) is 4.43. The highest BCUT2D eigenvalue weighted by molar-refractivity contribution is 6.67. The maximum Gasteiger partial charge on any atom is 0.279 e. The molecule has 10 radical (unpaired) electrons. The van der Waals surface area contributed by atoms with Gasteiger partial charge in [-0.25, -0.2) is 9.07 Å². The molecule has 1 aliphatic rings. The molecule has 4 rings (SSSR count). The molecule has 1 amide bonds. The number of nitrogens with zero attached hydrogens (tertiary/aromatic N) is 1. The molecule has 3 aromatic rings. The lowest BCUT2D eigenvalue weighted by atomic mass is 9.59. The molecule has 1 aliphatic carbocycles. The van der Waals surface area contributed by atoms with Gasteiger partial charge in [-0.05, 0) is 44.2 Å². The summed E-state index contributed by atoms with van der Waals surface area (Å²) in [5.41, 5.74) is 3.84. The molecule has 1 saturated carbocycles. The summed E-state index contributed by atoms with van der Waals surface area (Å²) >= 11 is 0. The molecule has 1 aromatic heterocycles. The van der Waals surface area contributed by atoms with E-state index in [2.05, 4.69) is 10.7 Å². The normalized spacial score (nSPS) is 14.2. The molecule has 34 heavy (non-hydrogen) atoms. The first-order chi connectivity index (χ1) is 16.1. The molecule has 1 heterocycles. The van der Waals surface area contributed by atoms with E-state index in [1.54, 1.807) is 19.9 Å². The molecular weight excluding hydrogens is 423 g/mol. The maximum atomic E-state index is 14.7. The van der Waals surface area contributed by atoms with Crippen LogP contribution in [0.15, 0.2) is 23.0 Å². The Morgan fingerprint density at radius 3 is 2.24 bits per heavy atom. The Hall–Kier alpha value is -2.83. The van der Waals surface area contributed by atoms with E-state index < -0.39 is 23.3 Å². The van der Waals surface area contributed by atoms with Gasteiger partial charge in [0, 0.05) is 11.9 Å². The zero-order valence-electron chi connectivity index (χ0n) is 19.0. The number of aromatic nitrogens is 1. The molecule has 0 saturated heterocycles. The lowest BCUT2D eigenvalue weighted by Gasteiger charge is -2.29. The van der Waals surface area contributed by atoms with Crippen molar-refractivity contribution in [3.8, 4) is 0 Å². The quantitative estimate of drug-likeness (QED) is 0.429. The van der Waals surface area contributed by atoms with E-state index in [0.29, 0.717) is 17.8 Å². The van der Waals surface area contributed by atoms with E-state index >= 15 is 0 Å². The largest absolute Gasteiger partial charge is 0.345 e. The number of nitrogens with one attached hydrogen (secondary N) is 2. The van der Waals surface area contributed by atoms with Crippen molar-refractivity contribution in [3.05, 3.63) is 51.2 Å². The van der Waals surface area contributed by atoms with Gasteiger partial charge < -0.3 is 10.7 Å². The van der Waals surface area contributed by atoms with Crippen molar-refractivity contribution in [3.63, 3.8) is 0 Å². The summed E-state index contributed by atoms with van der Waals surface area (Å²) in [4.78, 5) is 26.6. The van der Waals surface area contributed by atoms with Crippen LogP contribution in [0, 0.1) is 18.7 Å². The van der Waals surface area contributed by atoms with Crippen LogP contribution in [0.25, 0.3) is 10.8 Å². The number of rotatable bonds is 6. The minimum atomic E-state index is -0.713. The molecule has 0 aliphatic heterocycles. The average Bonchev–Trinajstić information content (AvgIpc) is 3.64. The van der Waals surface area contributed by atoms with Gasteiger partial charge in [0.1, 0.15) is 45.0 Å². The van der Waals surface area contributed by atoms with Crippen LogP contribution in [0.5, 0.6) is 0 Å². The molecular formula is C23H19B5FN3O2.